The van der Waals surface area contributed by atoms with E-state index in [1.165, 1.54) is 10.6 Å². The lowest BCUT2D eigenvalue weighted by molar-refractivity contribution is -0.689. The molecule has 0 bridgehead atoms. The summed E-state index contributed by atoms with van der Waals surface area (Å²) in [6, 6.07) is 0. The van der Waals surface area contributed by atoms with Crippen molar-refractivity contribution in [1.29, 1.82) is 0 Å². The lowest BCUT2D eigenvalue weighted by atomic mass is 10.2. The Labute approximate surface area is 153 Å². The maximum atomic E-state index is 5.43. The van der Waals surface area contributed by atoms with Crippen molar-refractivity contribution in [3.8, 4) is 0 Å². The van der Waals surface area contributed by atoms with Gasteiger partial charge in [-0.2, -0.15) is 4.57 Å². The fraction of sp³-hybridized carbons (Fsp3) is 0.500. The zero-order valence-corrected chi connectivity index (χ0v) is 16.2. The number of nitrogens with zero attached hydrogens (tertiary/aromatic N) is 3. The Morgan fingerprint density at radius 2 is 2.20 bits per heavy atom. The molecule has 0 radical (unpaired) electrons. The van der Waals surface area contributed by atoms with Crippen LogP contribution in [0.15, 0.2) is 24.0 Å². The SMILES string of the molecule is CC=COCCc1sc[n+](Cc2cnc(C)nc2NCOCC)c1C. The summed E-state index contributed by atoms with van der Waals surface area (Å²) in [4.78, 5) is 10.2. The van der Waals surface area contributed by atoms with E-state index in [-0.39, 0.29) is 0 Å². The molecule has 0 saturated carbocycles. The molecule has 136 valence electrons. The third kappa shape index (κ3) is 5.79. The van der Waals surface area contributed by atoms with E-state index in [0.29, 0.717) is 19.9 Å². The Morgan fingerprint density at radius 1 is 1.36 bits per heavy atom. The van der Waals surface area contributed by atoms with Crippen molar-refractivity contribution in [2.24, 2.45) is 0 Å². The van der Waals surface area contributed by atoms with Gasteiger partial charge in [0.2, 0.25) is 5.51 Å². The highest BCUT2D eigenvalue weighted by atomic mass is 32.1. The van der Waals surface area contributed by atoms with E-state index < -0.39 is 0 Å². The molecule has 0 fully saturated rings. The fourth-order valence-electron chi connectivity index (χ4n) is 2.33. The molecule has 2 heterocycles. The van der Waals surface area contributed by atoms with Crippen LogP contribution in [0.25, 0.3) is 0 Å². The van der Waals surface area contributed by atoms with Crippen LogP contribution in [-0.4, -0.2) is 29.9 Å². The first-order valence-corrected chi connectivity index (χ1v) is 9.37. The molecular formula is C18H27N4O2S+. The number of hydrogen-bond donors (Lipinski definition) is 1. The summed E-state index contributed by atoms with van der Waals surface area (Å²) >= 11 is 1.76. The van der Waals surface area contributed by atoms with Crippen LogP contribution in [0.2, 0.25) is 0 Å². The highest BCUT2D eigenvalue weighted by molar-refractivity contribution is 7.09. The van der Waals surface area contributed by atoms with Crippen molar-refractivity contribution < 1.29 is 14.0 Å². The van der Waals surface area contributed by atoms with Crippen LogP contribution >= 0.6 is 11.3 Å². The molecule has 0 aliphatic heterocycles. The molecule has 1 N–H and O–H groups in total. The van der Waals surface area contributed by atoms with Gasteiger partial charge in [-0.25, -0.2) is 9.97 Å². The van der Waals surface area contributed by atoms with Gasteiger partial charge in [0.1, 0.15) is 18.4 Å². The summed E-state index contributed by atoms with van der Waals surface area (Å²) in [5.74, 6) is 1.58. The van der Waals surface area contributed by atoms with Crippen LogP contribution in [0.3, 0.4) is 0 Å². The fourth-order valence-corrected chi connectivity index (χ4v) is 3.31. The first kappa shape index (κ1) is 19.3. The van der Waals surface area contributed by atoms with Gasteiger partial charge in [0.25, 0.3) is 0 Å². The number of rotatable bonds is 10. The van der Waals surface area contributed by atoms with Crippen molar-refractivity contribution in [1.82, 2.24) is 9.97 Å². The summed E-state index contributed by atoms with van der Waals surface area (Å²) in [6.07, 6.45) is 6.43. The second kappa shape index (κ2) is 10.1. The van der Waals surface area contributed by atoms with Crippen molar-refractivity contribution in [2.75, 3.05) is 25.3 Å². The number of thiazole rings is 1. The van der Waals surface area contributed by atoms with Crippen LogP contribution < -0.4 is 9.88 Å². The van der Waals surface area contributed by atoms with Gasteiger partial charge in [-0.05, 0) is 20.8 Å². The Kier molecular flexibility index (Phi) is 7.81. The predicted octanol–water partition coefficient (Wildman–Crippen LogP) is 2.99. The molecule has 2 aromatic heterocycles. The molecule has 2 rings (SSSR count). The van der Waals surface area contributed by atoms with Crippen LogP contribution in [0, 0.1) is 13.8 Å². The second-order valence-electron chi connectivity index (χ2n) is 5.55. The topological polar surface area (TPSA) is 60.2 Å². The van der Waals surface area contributed by atoms with E-state index in [0.717, 1.165) is 30.2 Å². The molecule has 6 nitrogen and oxygen atoms in total. The van der Waals surface area contributed by atoms with Crippen molar-refractivity contribution in [2.45, 2.75) is 40.7 Å². The highest BCUT2D eigenvalue weighted by Gasteiger charge is 2.18. The molecule has 0 aliphatic rings. The second-order valence-corrected chi connectivity index (χ2v) is 6.49. The molecule has 0 unspecified atom stereocenters. The van der Waals surface area contributed by atoms with Crippen LogP contribution in [0.1, 0.15) is 35.8 Å². The third-order valence-electron chi connectivity index (χ3n) is 3.71. The van der Waals surface area contributed by atoms with Gasteiger partial charge in [-0.3, -0.25) is 0 Å². The number of nitrogens with one attached hydrogen (secondary N) is 1. The summed E-state index contributed by atoms with van der Waals surface area (Å²) in [7, 11) is 0. The minimum atomic E-state index is 0.445. The Bertz CT molecular complexity index is 700. The molecule has 0 spiro atoms. The van der Waals surface area contributed by atoms with E-state index in [9.17, 15) is 0 Å². The lowest BCUT2D eigenvalue weighted by Gasteiger charge is -2.09. The summed E-state index contributed by atoms with van der Waals surface area (Å²) in [6.45, 7) is 10.5. The highest BCUT2D eigenvalue weighted by Crippen LogP contribution is 2.15. The van der Waals surface area contributed by atoms with E-state index in [1.54, 1.807) is 17.6 Å². The van der Waals surface area contributed by atoms with Crippen molar-refractivity contribution in [3.05, 3.63) is 46.0 Å². The standard InChI is InChI=1S/C18H27N4O2S/c1-5-8-24-9-7-17-14(3)22(13-25-17)11-16-10-19-15(4)21-18(16)20-12-23-6-2/h5,8,10,13H,6-7,9,11-12H2,1-4H3,(H,19,20,21)/q+1. The largest absolute Gasteiger partial charge is 0.501 e. The van der Waals surface area contributed by atoms with Gasteiger partial charge >= 0.3 is 0 Å². The first-order chi connectivity index (χ1) is 12.2. The number of ether oxygens (including phenoxy) is 2. The monoisotopic (exact) mass is 363 g/mol. The van der Waals surface area contributed by atoms with Gasteiger partial charge in [0.15, 0.2) is 12.2 Å². The van der Waals surface area contributed by atoms with Crippen molar-refractivity contribution in [3.63, 3.8) is 0 Å². The Hall–Kier alpha value is -1.99. The number of anilines is 1. The smallest absolute Gasteiger partial charge is 0.225 e. The number of hydrogen-bond acceptors (Lipinski definition) is 6. The molecule has 25 heavy (non-hydrogen) atoms. The maximum absolute atomic E-state index is 5.43. The molecule has 0 aliphatic carbocycles. The summed E-state index contributed by atoms with van der Waals surface area (Å²) in [5, 5.41) is 3.24. The molecule has 0 amide bonds. The van der Waals surface area contributed by atoms with Crippen LogP contribution in [0.4, 0.5) is 5.82 Å². The minimum Gasteiger partial charge on any atom is -0.501 e. The lowest BCUT2D eigenvalue weighted by Crippen LogP contribution is -2.35. The molecule has 2 aromatic rings. The van der Waals surface area contributed by atoms with Crippen LogP contribution in [-0.2, 0) is 22.4 Å². The molecule has 0 atom stereocenters. The van der Waals surface area contributed by atoms with Crippen LogP contribution in [0.5, 0.6) is 0 Å². The summed E-state index contributed by atoms with van der Waals surface area (Å²) < 4.78 is 13.0. The third-order valence-corrected chi connectivity index (χ3v) is 4.85. The maximum Gasteiger partial charge on any atom is 0.225 e. The molecular weight excluding hydrogens is 336 g/mol. The average molecular weight is 364 g/mol. The predicted molar refractivity (Wildman–Crippen MR) is 99.7 cm³/mol. The molecule has 7 heteroatoms. The van der Waals surface area contributed by atoms with E-state index in [2.05, 4.69) is 32.3 Å². The summed E-state index contributed by atoms with van der Waals surface area (Å²) in [5.41, 5.74) is 4.45. The Morgan fingerprint density at radius 3 is 2.96 bits per heavy atom. The molecule has 0 aromatic carbocycles. The quantitative estimate of drug-likeness (QED) is 0.304. The van der Waals surface area contributed by atoms with Gasteiger partial charge in [0.05, 0.1) is 23.3 Å². The van der Waals surface area contributed by atoms with E-state index in [1.807, 2.05) is 33.0 Å². The Balaban J connectivity index is 2.07. The minimum absolute atomic E-state index is 0.445. The number of aromatic nitrogens is 3. The zero-order chi connectivity index (χ0) is 18.1. The first-order valence-electron chi connectivity index (χ1n) is 8.49. The number of aryl methyl sites for hydroxylation is 1. The van der Waals surface area contributed by atoms with Gasteiger partial charge in [-0.1, -0.05) is 17.4 Å². The molecule has 0 saturated heterocycles. The number of allylic oxidation sites excluding steroid dienone is 1. The van der Waals surface area contributed by atoms with E-state index >= 15 is 0 Å². The van der Waals surface area contributed by atoms with Gasteiger partial charge < -0.3 is 14.8 Å². The normalized spacial score (nSPS) is 11.2. The van der Waals surface area contributed by atoms with E-state index in [4.69, 9.17) is 9.47 Å². The van der Waals surface area contributed by atoms with Gasteiger partial charge in [0, 0.05) is 26.1 Å². The average Bonchev–Trinajstić information content (AvgIpc) is 2.94. The van der Waals surface area contributed by atoms with Crippen molar-refractivity contribution >= 4 is 17.2 Å². The zero-order valence-electron chi connectivity index (χ0n) is 15.4. The van der Waals surface area contributed by atoms with Gasteiger partial charge in [-0.15, -0.1) is 0 Å².